The molecule has 1 aliphatic rings. The van der Waals surface area contributed by atoms with Gasteiger partial charge in [-0.15, -0.1) is 0 Å². The van der Waals surface area contributed by atoms with Gasteiger partial charge < -0.3 is 4.74 Å². The smallest absolute Gasteiger partial charge is 0.346 e. The molecular weight excluding hydrogens is 360 g/mol. The van der Waals surface area contributed by atoms with Crippen molar-refractivity contribution in [1.29, 1.82) is 0 Å². The molecule has 1 unspecified atom stereocenters. The van der Waals surface area contributed by atoms with Crippen LogP contribution in [0.25, 0.3) is 0 Å². The summed E-state index contributed by atoms with van der Waals surface area (Å²) in [6, 6.07) is 0. The number of carbonyl (C=O) groups excluding carboxylic acids is 2. The zero-order chi connectivity index (χ0) is 12.5. The number of thioether (sulfide) groups is 1. The number of cyclic esters (lactones) is 1. The molecule has 90 valence electrons. The first kappa shape index (κ1) is 14.3. The average molecular weight is 372 g/mol. The SMILES string of the molecule is CC(C)(C)SC(=O)CC1OC(=O)C(Br)=C1Br. The molecule has 0 N–H and O–H groups in total. The fourth-order valence-corrected chi connectivity index (χ4v) is 2.82. The Morgan fingerprint density at radius 1 is 1.44 bits per heavy atom. The van der Waals surface area contributed by atoms with Gasteiger partial charge in [-0.05, 0) is 15.9 Å². The van der Waals surface area contributed by atoms with E-state index >= 15 is 0 Å². The number of hydrogen-bond donors (Lipinski definition) is 0. The largest absolute Gasteiger partial charge is 0.452 e. The fourth-order valence-electron chi connectivity index (χ4n) is 1.14. The molecule has 0 saturated carbocycles. The van der Waals surface area contributed by atoms with E-state index in [0.29, 0.717) is 8.96 Å². The molecule has 0 spiro atoms. The summed E-state index contributed by atoms with van der Waals surface area (Å²) in [6.07, 6.45) is -0.284. The number of esters is 1. The third-order valence-corrected chi connectivity index (χ3v) is 4.89. The van der Waals surface area contributed by atoms with Crippen molar-refractivity contribution < 1.29 is 14.3 Å². The van der Waals surface area contributed by atoms with E-state index in [4.69, 9.17) is 4.74 Å². The maximum absolute atomic E-state index is 11.7. The molecule has 1 heterocycles. The van der Waals surface area contributed by atoms with Gasteiger partial charge in [-0.3, -0.25) is 4.79 Å². The van der Waals surface area contributed by atoms with Gasteiger partial charge in [0.25, 0.3) is 0 Å². The number of carbonyl (C=O) groups is 2. The molecule has 0 aromatic carbocycles. The van der Waals surface area contributed by atoms with Crippen molar-refractivity contribution in [3.63, 3.8) is 0 Å². The summed E-state index contributed by atoms with van der Waals surface area (Å²) in [4.78, 5) is 22.9. The quantitative estimate of drug-likeness (QED) is 0.698. The van der Waals surface area contributed by atoms with Gasteiger partial charge in [0.05, 0.1) is 10.9 Å². The molecule has 16 heavy (non-hydrogen) atoms. The molecule has 1 atom stereocenters. The molecule has 0 saturated heterocycles. The van der Waals surface area contributed by atoms with Gasteiger partial charge in [-0.1, -0.05) is 48.5 Å². The van der Waals surface area contributed by atoms with Crippen molar-refractivity contribution in [1.82, 2.24) is 0 Å². The van der Waals surface area contributed by atoms with E-state index in [0.717, 1.165) is 0 Å². The first-order valence-corrected chi connectivity index (χ1v) is 7.09. The highest BCUT2D eigenvalue weighted by Crippen LogP contribution is 2.35. The lowest BCUT2D eigenvalue weighted by molar-refractivity contribution is -0.139. The van der Waals surface area contributed by atoms with Crippen molar-refractivity contribution in [2.24, 2.45) is 0 Å². The first-order valence-electron chi connectivity index (χ1n) is 4.68. The second kappa shape index (κ2) is 5.23. The Morgan fingerprint density at radius 2 is 2.00 bits per heavy atom. The molecule has 6 heteroatoms. The Morgan fingerprint density at radius 3 is 2.38 bits per heavy atom. The molecule has 0 aromatic heterocycles. The minimum absolute atomic E-state index is 0.0180. The Hall–Kier alpha value is 0.190. The topological polar surface area (TPSA) is 43.4 Å². The van der Waals surface area contributed by atoms with Gasteiger partial charge in [-0.25, -0.2) is 4.79 Å². The summed E-state index contributed by atoms with van der Waals surface area (Å²) in [5.74, 6) is -0.426. The Kier molecular flexibility index (Phi) is 4.66. The third kappa shape index (κ3) is 3.89. The summed E-state index contributed by atoms with van der Waals surface area (Å²) in [6.45, 7) is 5.91. The molecule has 0 fully saturated rings. The van der Waals surface area contributed by atoms with Crippen molar-refractivity contribution in [3.05, 3.63) is 8.96 Å². The number of ether oxygens (including phenoxy) is 1. The predicted molar refractivity (Wildman–Crippen MR) is 71.7 cm³/mol. The first-order chi connectivity index (χ1) is 7.20. The van der Waals surface area contributed by atoms with Crippen LogP contribution in [0.1, 0.15) is 27.2 Å². The minimum Gasteiger partial charge on any atom is -0.452 e. The second-order valence-electron chi connectivity index (χ2n) is 4.35. The van der Waals surface area contributed by atoms with E-state index in [1.807, 2.05) is 20.8 Å². The van der Waals surface area contributed by atoms with Crippen LogP contribution < -0.4 is 0 Å². The van der Waals surface area contributed by atoms with Crippen LogP contribution in [0.3, 0.4) is 0 Å². The van der Waals surface area contributed by atoms with Crippen molar-refractivity contribution in [3.8, 4) is 0 Å². The van der Waals surface area contributed by atoms with Gasteiger partial charge in [0, 0.05) is 4.75 Å². The van der Waals surface area contributed by atoms with Crippen LogP contribution in [0.2, 0.25) is 0 Å². The molecule has 1 aliphatic heterocycles. The van der Waals surface area contributed by atoms with Gasteiger partial charge in [-0.2, -0.15) is 0 Å². The van der Waals surface area contributed by atoms with Crippen molar-refractivity contribution >= 4 is 54.7 Å². The van der Waals surface area contributed by atoms with Crippen LogP contribution >= 0.6 is 43.6 Å². The number of rotatable bonds is 2. The van der Waals surface area contributed by atoms with E-state index in [2.05, 4.69) is 31.9 Å². The zero-order valence-electron chi connectivity index (χ0n) is 9.17. The summed E-state index contributed by atoms with van der Waals surface area (Å²) < 4.78 is 5.89. The lowest BCUT2D eigenvalue weighted by Gasteiger charge is -2.17. The lowest BCUT2D eigenvalue weighted by Crippen LogP contribution is -2.18. The molecule has 1 rings (SSSR count). The van der Waals surface area contributed by atoms with Crippen LogP contribution in [0.15, 0.2) is 8.96 Å². The molecular formula is C10H12Br2O3S. The van der Waals surface area contributed by atoms with Gasteiger partial charge in [0.2, 0.25) is 0 Å². The van der Waals surface area contributed by atoms with Crippen LogP contribution in [0, 0.1) is 0 Å². The highest BCUT2D eigenvalue weighted by atomic mass is 79.9. The monoisotopic (exact) mass is 370 g/mol. The molecule has 0 aliphatic carbocycles. The minimum atomic E-state index is -0.482. The average Bonchev–Trinajstić information content (AvgIpc) is 2.30. The Labute approximate surface area is 116 Å². The maximum Gasteiger partial charge on any atom is 0.346 e. The fraction of sp³-hybridized carbons (Fsp3) is 0.600. The molecule has 0 bridgehead atoms. The zero-order valence-corrected chi connectivity index (χ0v) is 13.2. The summed E-state index contributed by atoms with van der Waals surface area (Å²) in [7, 11) is 0. The van der Waals surface area contributed by atoms with Crippen molar-refractivity contribution in [2.45, 2.75) is 38.0 Å². The normalized spacial score (nSPS) is 21.3. The van der Waals surface area contributed by atoms with Crippen LogP contribution in [-0.2, 0) is 14.3 Å². The van der Waals surface area contributed by atoms with Crippen molar-refractivity contribution in [2.75, 3.05) is 0 Å². The van der Waals surface area contributed by atoms with E-state index in [1.165, 1.54) is 11.8 Å². The Balaban J connectivity index is 2.58. The van der Waals surface area contributed by atoms with Gasteiger partial charge >= 0.3 is 5.97 Å². The van der Waals surface area contributed by atoms with Crippen LogP contribution in [0.5, 0.6) is 0 Å². The lowest BCUT2D eigenvalue weighted by atomic mass is 10.2. The van der Waals surface area contributed by atoms with Gasteiger partial charge in [0.15, 0.2) is 5.12 Å². The van der Waals surface area contributed by atoms with E-state index in [9.17, 15) is 9.59 Å². The standard InChI is InChI=1S/C10H12Br2O3S/c1-10(2,3)16-6(13)4-5-7(11)8(12)9(14)15-5/h5H,4H2,1-3H3. The van der Waals surface area contributed by atoms with E-state index in [1.54, 1.807) is 0 Å². The number of hydrogen-bond acceptors (Lipinski definition) is 4. The molecule has 0 amide bonds. The molecule has 3 nitrogen and oxygen atoms in total. The summed E-state index contributed by atoms with van der Waals surface area (Å²) >= 11 is 7.60. The highest BCUT2D eigenvalue weighted by Gasteiger charge is 2.33. The molecule has 0 radical (unpaired) electrons. The van der Waals surface area contributed by atoms with E-state index < -0.39 is 12.1 Å². The van der Waals surface area contributed by atoms with E-state index in [-0.39, 0.29) is 16.3 Å². The summed E-state index contributed by atoms with van der Waals surface area (Å²) in [5, 5.41) is 0.0180. The predicted octanol–water partition coefficient (Wildman–Crippen LogP) is 3.36. The summed E-state index contributed by atoms with van der Waals surface area (Å²) in [5.41, 5.74) is 0. The van der Waals surface area contributed by atoms with Crippen LogP contribution in [-0.4, -0.2) is 21.9 Å². The molecule has 0 aromatic rings. The number of halogens is 2. The van der Waals surface area contributed by atoms with Crippen LogP contribution in [0.4, 0.5) is 0 Å². The Bertz CT molecular complexity index is 358. The second-order valence-corrected chi connectivity index (χ2v) is 7.88. The maximum atomic E-state index is 11.7. The third-order valence-electron chi connectivity index (χ3n) is 1.69. The van der Waals surface area contributed by atoms with Gasteiger partial charge in [0.1, 0.15) is 10.6 Å². The highest BCUT2D eigenvalue weighted by molar-refractivity contribution is 9.14.